The van der Waals surface area contributed by atoms with E-state index in [0.29, 0.717) is 42.0 Å². The first-order valence-electron chi connectivity index (χ1n) is 9.14. The van der Waals surface area contributed by atoms with Crippen molar-refractivity contribution in [2.24, 2.45) is 0 Å². The number of pyridine rings is 1. The van der Waals surface area contributed by atoms with E-state index in [0.717, 1.165) is 5.56 Å². The van der Waals surface area contributed by atoms with E-state index in [-0.39, 0.29) is 17.4 Å². The van der Waals surface area contributed by atoms with Crippen molar-refractivity contribution in [2.45, 2.75) is 25.4 Å². The first-order chi connectivity index (χ1) is 13.6. The second-order valence-corrected chi connectivity index (χ2v) is 6.91. The summed E-state index contributed by atoms with van der Waals surface area (Å²) in [5.41, 5.74) is 1.90. The van der Waals surface area contributed by atoms with E-state index in [1.165, 1.54) is 11.0 Å². The van der Waals surface area contributed by atoms with Crippen LogP contribution in [0.4, 0.5) is 0 Å². The number of carbonyl (C=O) groups excluding carboxylic acids is 2. The quantitative estimate of drug-likeness (QED) is 0.645. The minimum Gasteiger partial charge on any atom is -0.295 e. The zero-order valence-corrected chi connectivity index (χ0v) is 14.9. The summed E-state index contributed by atoms with van der Waals surface area (Å²) < 4.78 is 1.57. The van der Waals surface area contributed by atoms with Crippen molar-refractivity contribution in [2.75, 3.05) is 0 Å². The highest BCUT2D eigenvalue weighted by Gasteiger charge is 2.42. The Bertz CT molecular complexity index is 1130. The second kappa shape index (κ2) is 6.23. The zero-order valence-electron chi connectivity index (χ0n) is 14.9. The molecule has 28 heavy (non-hydrogen) atoms. The largest absolute Gasteiger partial charge is 0.295 e. The highest BCUT2D eigenvalue weighted by Crippen LogP contribution is 2.35. The molecule has 1 unspecified atom stereocenters. The third kappa shape index (κ3) is 2.40. The Morgan fingerprint density at radius 3 is 2.29 bits per heavy atom. The monoisotopic (exact) mass is 372 g/mol. The number of benzene rings is 1. The molecule has 5 rings (SSSR count). The van der Waals surface area contributed by atoms with Crippen LogP contribution in [0.3, 0.4) is 0 Å². The summed E-state index contributed by atoms with van der Waals surface area (Å²) in [4.78, 5) is 48.5. The lowest BCUT2D eigenvalue weighted by Gasteiger charge is -2.31. The van der Waals surface area contributed by atoms with Gasteiger partial charge < -0.3 is 0 Å². The van der Waals surface area contributed by atoms with Gasteiger partial charge in [-0.1, -0.05) is 12.1 Å². The van der Waals surface area contributed by atoms with Gasteiger partial charge in [0.2, 0.25) is 0 Å². The van der Waals surface area contributed by atoms with Gasteiger partial charge >= 0.3 is 0 Å². The van der Waals surface area contributed by atoms with Gasteiger partial charge in [-0.3, -0.25) is 28.8 Å². The van der Waals surface area contributed by atoms with Crippen molar-refractivity contribution in [3.63, 3.8) is 0 Å². The van der Waals surface area contributed by atoms with Crippen molar-refractivity contribution in [3.8, 4) is 11.3 Å². The number of amides is 2. The molecule has 1 atom stereocenters. The molecule has 2 aromatic heterocycles. The van der Waals surface area contributed by atoms with Crippen molar-refractivity contribution in [1.29, 1.82) is 0 Å². The number of hydrogen-bond acceptors (Lipinski definition) is 5. The van der Waals surface area contributed by atoms with E-state index < -0.39 is 6.04 Å². The van der Waals surface area contributed by atoms with Gasteiger partial charge in [0.15, 0.2) is 0 Å². The van der Waals surface area contributed by atoms with E-state index >= 15 is 0 Å². The number of fused-ring (bicyclic) bond motifs is 2. The molecule has 0 saturated heterocycles. The number of imide groups is 1. The summed E-state index contributed by atoms with van der Waals surface area (Å²) in [6, 6.07) is 11.3. The van der Waals surface area contributed by atoms with Crippen LogP contribution in [0.5, 0.6) is 0 Å². The maximum atomic E-state index is 12.9. The van der Waals surface area contributed by atoms with Crippen LogP contribution in [0, 0.1) is 0 Å². The molecule has 138 valence electrons. The highest BCUT2D eigenvalue weighted by molar-refractivity contribution is 6.21. The predicted molar refractivity (Wildman–Crippen MR) is 101 cm³/mol. The molecule has 7 nitrogen and oxygen atoms in total. The van der Waals surface area contributed by atoms with Gasteiger partial charge in [0.25, 0.3) is 17.4 Å². The predicted octanol–water partition coefficient (Wildman–Crippen LogP) is 2.44. The number of carbonyl (C=O) groups is 2. The number of nitrogens with zero attached hydrogens (tertiary/aromatic N) is 4. The van der Waals surface area contributed by atoms with Gasteiger partial charge in [0, 0.05) is 30.6 Å². The molecule has 7 heteroatoms. The minimum absolute atomic E-state index is 0.182. The fraction of sp³-hybridized carbons (Fsp3) is 0.190. The van der Waals surface area contributed by atoms with Crippen LogP contribution in [0.25, 0.3) is 11.3 Å². The molecule has 2 aliphatic rings. The second-order valence-electron chi connectivity index (χ2n) is 6.91. The topological polar surface area (TPSA) is 85.2 Å². The molecule has 3 aromatic rings. The standard InChI is InChI=1S/C21H16N4O3/c26-18-12-16(13-7-9-22-10-8-13)23-19-17(6-3-11-24(18)19)25-20(27)14-4-1-2-5-15(14)21(25)28/h1-2,4-5,7-10,12,17H,3,6,11H2. The summed E-state index contributed by atoms with van der Waals surface area (Å²) in [6.45, 7) is 0.525. The van der Waals surface area contributed by atoms with Gasteiger partial charge in [-0.15, -0.1) is 0 Å². The number of aromatic nitrogens is 3. The lowest BCUT2D eigenvalue weighted by Crippen LogP contribution is -2.41. The van der Waals surface area contributed by atoms with Crippen molar-refractivity contribution >= 4 is 11.8 Å². The van der Waals surface area contributed by atoms with Gasteiger partial charge in [0.1, 0.15) is 5.82 Å². The Kier molecular flexibility index (Phi) is 3.68. The molecule has 0 aliphatic carbocycles. The smallest absolute Gasteiger partial charge is 0.262 e. The Balaban J connectivity index is 1.64. The Morgan fingerprint density at radius 2 is 1.61 bits per heavy atom. The minimum atomic E-state index is -0.560. The molecule has 2 amide bonds. The van der Waals surface area contributed by atoms with Gasteiger partial charge in [-0.05, 0) is 37.1 Å². The van der Waals surface area contributed by atoms with Crippen LogP contribution in [0.15, 0.2) is 59.7 Å². The van der Waals surface area contributed by atoms with Crippen LogP contribution in [0.2, 0.25) is 0 Å². The van der Waals surface area contributed by atoms with Crippen LogP contribution in [0.1, 0.15) is 45.4 Å². The Labute approximate surface area is 160 Å². The third-order valence-corrected chi connectivity index (χ3v) is 5.31. The maximum Gasteiger partial charge on any atom is 0.262 e. The van der Waals surface area contributed by atoms with E-state index in [1.807, 2.05) is 0 Å². The molecule has 0 saturated carbocycles. The van der Waals surface area contributed by atoms with Crippen LogP contribution < -0.4 is 5.56 Å². The summed E-state index contributed by atoms with van der Waals surface area (Å²) in [5.74, 6) is -0.203. The van der Waals surface area contributed by atoms with Gasteiger partial charge in [-0.25, -0.2) is 4.98 Å². The van der Waals surface area contributed by atoms with Crippen molar-refractivity contribution in [3.05, 3.63) is 82.2 Å². The zero-order chi connectivity index (χ0) is 19.3. The molecule has 0 N–H and O–H groups in total. The first kappa shape index (κ1) is 16.6. The normalized spacial score (nSPS) is 18.1. The Hall–Kier alpha value is -3.61. The Morgan fingerprint density at radius 1 is 0.929 bits per heavy atom. The summed E-state index contributed by atoms with van der Waals surface area (Å²) in [5, 5.41) is 0. The fourth-order valence-electron chi connectivity index (χ4n) is 3.98. The molecule has 0 bridgehead atoms. The number of rotatable bonds is 2. The molecular formula is C21H16N4O3. The average Bonchev–Trinajstić information content (AvgIpc) is 2.99. The lowest BCUT2D eigenvalue weighted by atomic mass is 10.0. The molecule has 0 radical (unpaired) electrons. The molecule has 0 spiro atoms. The SMILES string of the molecule is O=C1c2ccccc2C(=O)N1C1CCCn2c1nc(-c1ccncc1)cc2=O. The average molecular weight is 372 g/mol. The first-order valence-corrected chi connectivity index (χ1v) is 9.14. The van der Waals surface area contributed by atoms with Crippen LogP contribution in [-0.2, 0) is 6.54 Å². The van der Waals surface area contributed by atoms with Crippen LogP contribution >= 0.6 is 0 Å². The lowest BCUT2D eigenvalue weighted by molar-refractivity contribution is 0.0546. The summed E-state index contributed by atoms with van der Waals surface area (Å²) in [6.07, 6.45) is 4.55. The highest BCUT2D eigenvalue weighted by atomic mass is 16.2. The molecular weight excluding hydrogens is 356 g/mol. The maximum absolute atomic E-state index is 12.9. The summed E-state index contributed by atoms with van der Waals surface area (Å²) in [7, 11) is 0. The molecule has 4 heterocycles. The van der Waals surface area contributed by atoms with Crippen molar-refractivity contribution in [1.82, 2.24) is 19.4 Å². The molecule has 2 aliphatic heterocycles. The van der Waals surface area contributed by atoms with Crippen molar-refractivity contribution < 1.29 is 9.59 Å². The van der Waals surface area contributed by atoms with Gasteiger partial charge in [-0.2, -0.15) is 0 Å². The van der Waals surface area contributed by atoms with Gasteiger partial charge in [0.05, 0.1) is 22.9 Å². The molecule has 0 fully saturated rings. The van der Waals surface area contributed by atoms with E-state index in [4.69, 9.17) is 4.98 Å². The van der Waals surface area contributed by atoms with E-state index in [2.05, 4.69) is 4.98 Å². The summed E-state index contributed by atoms with van der Waals surface area (Å²) >= 11 is 0. The third-order valence-electron chi connectivity index (χ3n) is 5.31. The van der Waals surface area contributed by atoms with E-state index in [9.17, 15) is 14.4 Å². The number of hydrogen-bond donors (Lipinski definition) is 0. The fourth-order valence-corrected chi connectivity index (χ4v) is 3.98. The van der Waals surface area contributed by atoms with Crippen LogP contribution in [-0.4, -0.2) is 31.2 Å². The molecule has 1 aromatic carbocycles. The van der Waals surface area contributed by atoms with E-state index in [1.54, 1.807) is 53.4 Å².